The summed E-state index contributed by atoms with van der Waals surface area (Å²) in [5.41, 5.74) is 5.56. The van der Waals surface area contributed by atoms with Crippen molar-refractivity contribution in [3.63, 3.8) is 0 Å². The Hall–Kier alpha value is -2.98. The number of aliphatic carboxylic acids is 1. The number of benzene rings is 2. The summed E-state index contributed by atoms with van der Waals surface area (Å²) in [5, 5.41) is 9.62. The zero-order valence-corrected chi connectivity index (χ0v) is 19.3. The van der Waals surface area contributed by atoms with Gasteiger partial charge in [0.1, 0.15) is 12.4 Å². The molecule has 0 unspecified atom stereocenters. The third kappa shape index (κ3) is 6.51. The van der Waals surface area contributed by atoms with E-state index in [4.69, 9.17) is 21.4 Å². The number of carbonyl (C=O) groups is 1. The number of aryl methyl sites for hydroxylation is 2. The minimum atomic E-state index is -0.779. The number of nitrogens with zero attached hydrogens (tertiary/aromatic N) is 1. The number of carboxylic acids is 1. The highest BCUT2D eigenvalue weighted by Gasteiger charge is 2.22. The molecule has 0 atom stereocenters. The Kier molecular flexibility index (Phi) is 8.57. The molecule has 0 fully saturated rings. The zero-order chi connectivity index (χ0) is 22.9. The molecule has 0 bridgehead atoms. The van der Waals surface area contributed by atoms with Crippen LogP contribution >= 0.6 is 11.6 Å². The second-order valence-corrected chi connectivity index (χ2v) is 8.51. The van der Waals surface area contributed by atoms with Crippen LogP contribution in [0, 0.1) is 0 Å². The Morgan fingerprint density at radius 2 is 1.97 bits per heavy atom. The van der Waals surface area contributed by atoms with Gasteiger partial charge in [-0.25, -0.2) is 0 Å². The molecule has 0 saturated carbocycles. The SMILES string of the molecule is C=C/C=C\C(CN1CCCc2cccc(OCc3ccc(CCC(=O)O)cc3)c21)=C(/C)Cl. The van der Waals surface area contributed by atoms with Crippen LogP contribution in [0.1, 0.15) is 36.5 Å². The van der Waals surface area contributed by atoms with Gasteiger partial charge in [0, 0.05) is 24.5 Å². The molecule has 168 valence electrons. The highest BCUT2D eigenvalue weighted by molar-refractivity contribution is 6.29. The van der Waals surface area contributed by atoms with Crippen LogP contribution in [0.5, 0.6) is 5.75 Å². The fourth-order valence-electron chi connectivity index (χ4n) is 3.86. The van der Waals surface area contributed by atoms with E-state index < -0.39 is 5.97 Å². The number of rotatable bonds is 10. The lowest BCUT2D eigenvalue weighted by atomic mass is 10.00. The maximum absolute atomic E-state index is 10.8. The van der Waals surface area contributed by atoms with Gasteiger partial charge in [0.25, 0.3) is 0 Å². The Balaban J connectivity index is 1.75. The van der Waals surface area contributed by atoms with Gasteiger partial charge in [0.15, 0.2) is 0 Å². The molecule has 1 aliphatic heterocycles. The Bertz CT molecular complexity index is 1000. The summed E-state index contributed by atoms with van der Waals surface area (Å²) < 4.78 is 6.26. The zero-order valence-electron chi connectivity index (χ0n) is 18.5. The van der Waals surface area contributed by atoms with Gasteiger partial charge in [-0.05, 0) is 54.5 Å². The minimum absolute atomic E-state index is 0.141. The van der Waals surface area contributed by atoms with E-state index >= 15 is 0 Å². The summed E-state index contributed by atoms with van der Waals surface area (Å²) in [6.07, 6.45) is 8.48. The van der Waals surface area contributed by atoms with Crippen molar-refractivity contribution in [3.05, 3.63) is 94.6 Å². The molecule has 0 aliphatic carbocycles. The molecule has 2 aromatic rings. The third-order valence-electron chi connectivity index (χ3n) is 5.55. The molecular weight excluding hydrogens is 422 g/mol. The van der Waals surface area contributed by atoms with Gasteiger partial charge in [-0.2, -0.15) is 0 Å². The quantitative estimate of drug-likeness (QED) is 0.431. The van der Waals surface area contributed by atoms with Crippen LogP contribution in [0.15, 0.2) is 77.9 Å². The molecule has 2 aromatic carbocycles. The van der Waals surface area contributed by atoms with Crippen molar-refractivity contribution in [3.8, 4) is 5.75 Å². The first kappa shape index (κ1) is 23.7. The monoisotopic (exact) mass is 451 g/mol. The number of hydrogen-bond acceptors (Lipinski definition) is 3. The van der Waals surface area contributed by atoms with Crippen LogP contribution in [-0.4, -0.2) is 24.2 Å². The van der Waals surface area contributed by atoms with Crippen LogP contribution in [0.3, 0.4) is 0 Å². The van der Waals surface area contributed by atoms with Gasteiger partial charge in [0.05, 0.1) is 5.69 Å². The molecule has 4 nitrogen and oxygen atoms in total. The lowest BCUT2D eigenvalue weighted by molar-refractivity contribution is -0.136. The number of carboxylic acid groups (broad SMARTS) is 1. The first-order valence-corrected chi connectivity index (χ1v) is 11.3. The molecule has 1 N–H and O–H groups in total. The van der Waals surface area contributed by atoms with Crippen molar-refractivity contribution in [2.24, 2.45) is 0 Å². The number of para-hydroxylation sites is 1. The number of fused-ring (bicyclic) bond motifs is 1. The van der Waals surface area contributed by atoms with Crippen LogP contribution < -0.4 is 9.64 Å². The van der Waals surface area contributed by atoms with E-state index in [1.54, 1.807) is 6.08 Å². The molecular formula is C27H30ClNO3. The third-order valence-corrected chi connectivity index (χ3v) is 5.80. The summed E-state index contributed by atoms with van der Waals surface area (Å²) >= 11 is 6.36. The molecule has 1 heterocycles. The van der Waals surface area contributed by atoms with Crippen molar-refractivity contribution in [2.75, 3.05) is 18.0 Å². The fraction of sp³-hybridized carbons (Fsp3) is 0.296. The lowest BCUT2D eigenvalue weighted by Gasteiger charge is -2.33. The molecule has 0 radical (unpaired) electrons. The topological polar surface area (TPSA) is 49.8 Å². The van der Waals surface area contributed by atoms with Gasteiger partial charge >= 0.3 is 5.97 Å². The van der Waals surface area contributed by atoms with Crippen molar-refractivity contribution in [2.45, 2.75) is 39.2 Å². The van der Waals surface area contributed by atoms with Gasteiger partial charge < -0.3 is 14.7 Å². The van der Waals surface area contributed by atoms with Gasteiger partial charge in [-0.1, -0.05) is 72.8 Å². The summed E-state index contributed by atoms with van der Waals surface area (Å²) in [4.78, 5) is 13.1. The molecule has 32 heavy (non-hydrogen) atoms. The van der Waals surface area contributed by atoms with E-state index in [-0.39, 0.29) is 6.42 Å². The molecule has 0 amide bonds. The minimum Gasteiger partial charge on any atom is -0.487 e. The summed E-state index contributed by atoms with van der Waals surface area (Å²) in [6.45, 7) is 7.78. The first-order valence-electron chi connectivity index (χ1n) is 10.9. The van der Waals surface area contributed by atoms with E-state index in [2.05, 4.69) is 17.5 Å². The maximum atomic E-state index is 10.8. The summed E-state index contributed by atoms with van der Waals surface area (Å²) in [7, 11) is 0. The fourth-order valence-corrected chi connectivity index (χ4v) is 3.98. The number of anilines is 1. The number of ether oxygens (including phenoxy) is 1. The Morgan fingerprint density at radius 3 is 2.66 bits per heavy atom. The Labute approximate surface area is 195 Å². The van der Waals surface area contributed by atoms with Gasteiger partial charge in [-0.3, -0.25) is 4.79 Å². The van der Waals surface area contributed by atoms with E-state index in [0.717, 1.165) is 52.6 Å². The molecule has 0 saturated heterocycles. The largest absolute Gasteiger partial charge is 0.487 e. The van der Waals surface area contributed by atoms with Crippen molar-refractivity contribution in [1.29, 1.82) is 0 Å². The number of halogens is 1. The number of allylic oxidation sites excluding steroid dienone is 3. The van der Waals surface area contributed by atoms with E-state index in [0.29, 0.717) is 19.6 Å². The average Bonchev–Trinajstić information content (AvgIpc) is 2.79. The highest BCUT2D eigenvalue weighted by atomic mass is 35.5. The molecule has 0 aromatic heterocycles. The first-order chi connectivity index (χ1) is 15.5. The smallest absolute Gasteiger partial charge is 0.303 e. The van der Waals surface area contributed by atoms with Crippen LogP contribution in [0.25, 0.3) is 0 Å². The summed E-state index contributed by atoms with van der Waals surface area (Å²) in [6, 6.07) is 14.2. The van der Waals surface area contributed by atoms with E-state index in [9.17, 15) is 4.79 Å². The number of hydrogen-bond donors (Lipinski definition) is 1. The normalized spacial score (nSPS) is 14.1. The molecule has 0 spiro atoms. The Morgan fingerprint density at radius 1 is 1.22 bits per heavy atom. The predicted octanol–water partition coefficient (Wildman–Crippen LogP) is 6.29. The van der Waals surface area contributed by atoms with Gasteiger partial charge in [-0.15, -0.1) is 0 Å². The lowest BCUT2D eigenvalue weighted by Crippen LogP contribution is -2.31. The second-order valence-electron chi connectivity index (χ2n) is 7.94. The van der Waals surface area contributed by atoms with Crippen LogP contribution in [0.2, 0.25) is 0 Å². The molecule has 1 aliphatic rings. The van der Waals surface area contributed by atoms with Crippen LogP contribution in [-0.2, 0) is 24.2 Å². The second kappa shape index (κ2) is 11.6. The average molecular weight is 452 g/mol. The van der Waals surface area contributed by atoms with Crippen molar-refractivity contribution < 1.29 is 14.6 Å². The standard InChI is InChI=1S/C27H30ClNO3/c1-3-4-7-24(20(2)28)18-29-17-6-9-23-8-5-10-25(27(23)29)32-19-22-13-11-21(12-14-22)15-16-26(30)31/h3-5,7-8,10-14H,1,6,9,15-19H2,2H3,(H,30,31)/b7-4-,24-20-. The van der Waals surface area contributed by atoms with Crippen molar-refractivity contribution >= 4 is 23.3 Å². The van der Waals surface area contributed by atoms with E-state index in [1.165, 1.54) is 5.56 Å². The molecule has 5 heteroatoms. The molecule has 3 rings (SSSR count). The summed E-state index contributed by atoms with van der Waals surface area (Å²) in [5.74, 6) is 0.0922. The van der Waals surface area contributed by atoms with Crippen molar-refractivity contribution in [1.82, 2.24) is 0 Å². The van der Waals surface area contributed by atoms with Crippen LogP contribution in [0.4, 0.5) is 5.69 Å². The van der Waals surface area contributed by atoms with E-state index in [1.807, 2.05) is 55.5 Å². The predicted molar refractivity (Wildman–Crippen MR) is 132 cm³/mol. The maximum Gasteiger partial charge on any atom is 0.303 e. The van der Waals surface area contributed by atoms with Gasteiger partial charge in [0.2, 0.25) is 0 Å². The highest BCUT2D eigenvalue weighted by Crippen LogP contribution is 2.37.